The zero-order valence-electron chi connectivity index (χ0n) is 11.6. The van der Waals surface area contributed by atoms with Gasteiger partial charge in [-0.05, 0) is 12.1 Å². The topological polar surface area (TPSA) is 78.7 Å². The molecule has 0 radical (unpaired) electrons. The van der Waals surface area contributed by atoms with Crippen LogP contribution in [0.25, 0.3) is 5.52 Å². The summed E-state index contributed by atoms with van der Waals surface area (Å²) in [5.74, 6) is -0.332. The highest BCUT2D eigenvalue weighted by Crippen LogP contribution is 2.09. The van der Waals surface area contributed by atoms with E-state index in [1.807, 2.05) is 18.2 Å². The van der Waals surface area contributed by atoms with Crippen LogP contribution in [0.3, 0.4) is 0 Å². The highest BCUT2D eigenvalue weighted by atomic mass is 16.2. The highest BCUT2D eigenvalue weighted by Gasteiger charge is 2.18. The van der Waals surface area contributed by atoms with Gasteiger partial charge in [-0.25, -0.2) is 4.52 Å². The first-order valence-corrected chi connectivity index (χ1v) is 6.95. The van der Waals surface area contributed by atoms with Gasteiger partial charge in [0, 0.05) is 32.4 Å². The summed E-state index contributed by atoms with van der Waals surface area (Å²) in [5.41, 5.74) is 1.20. The summed E-state index contributed by atoms with van der Waals surface area (Å²) in [7, 11) is 0. The van der Waals surface area contributed by atoms with Crippen molar-refractivity contribution in [3.63, 3.8) is 0 Å². The molecule has 0 saturated carbocycles. The molecule has 21 heavy (non-hydrogen) atoms. The fourth-order valence-corrected chi connectivity index (χ4v) is 2.39. The summed E-state index contributed by atoms with van der Waals surface area (Å²) >= 11 is 0. The Bertz CT molecular complexity index is 660. The third-order valence-corrected chi connectivity index (χ3v) is 3.54. The third-order valence-electron chi connectivity index (χ3n) is 3.54. The Morgan fingerprint density at radius 3 is 2.90 bits per heavy atom. The second kappa shape index (κ2) is 5.92. The largest absolute Gasteiger partial charge is 0.343 e. The lowest BCUT2D eigenvalue weighted by atomic mass is 10.2. The first-order chi connectivity index (χ1) is 10.3. The molecular weight excluding hydrogens is 270 g/mol. The number of aromatic nitrogens is 2. The molecule has 0 aromatic carbocycles. The maximum Gasteiger partial charge on any atom is 0.255 e. The van der Waals surface area contributed by atoms with Crippen LogP contribution in [-0.4, -0.2) is 59.1 Å². The van der Waals surface area contributed by atoms with Crippen LogP contribution in [0.2, 0.25) is 0 Å². The van der Waals surface area contributed by atoms with Gasteiger partial charge in [-0.2, -0.15) is 5.10 Å². The molecule has 0 bridgehead atoms. The molecule has 7 heteroatoms. The molecule has 2 N–H and O–H groups in total. The van der Waals surface area contributed by atoms with Gasteiger partial charge in [0.05, 0.1) is 23.8 Å². The van der Waals surface area contributed by atoms with Crippen molar-refractivity contribution in [3.05, 3.63) is 36.2 Å². The number of pyridine rings is 1. The zero-order valence-corrected chi connectivity index (χ0v) is 11.6. The molecule has 0 atom stereocenters. The molecule has 0 unspecified atom stereocenters. The lowest BCUT2D eigenvalue weighted by Crippen LogP contribution is -2.49. The predicted molar refractivity (Wildman–Crippen MR) is 77.0 cm³/mol. The van der Waals surface area contributed by atoms with Crippen molar-refractivity contribution in [2.24, 2.45) is 0 Å². The number of carbonyl (C=O) groups is 2. The first kappa shape index (κ1) is 13.6. The van der Waals surface area contributed by atoms with Crippen LogP contribution >= 0.6 is 0 Å². The van der Waals surface area contributed by atoms with Crippen molar-refractivity contribution < 1.29 is 9.59 Å². The molecule has 2 aromatic rings. The minimum Gasteiger partial charge on any atom is -0.343 e. The van der Waals surface area contributed by atoms with Gasteiger partial charge < -0.3 is 15.5 Å². The number of nitrogens with one attached hydrogen (secondary N) is 2. The normalized spacial score (nSPS) is 15.1. The van der Waals surface area contributed by atoms with Crippen molar-refractivity contribution >= 4 is 17.3 Å². The molecule has 2 amide bonds. The van der Waals surface area contributed by atoms with Gasteiger partial charge >= 0.3 is 0 Å². The Kier molecular flexibility index (Phi) is 3.83. The lowest BCUT2D eigenvalue weighted by molar-refractivity contribution is -0.130. The van der Waals surface area contributed by atoms with Crippen molar-refractivity contribution in [3.8, 4) is 0 Å². The summed E-state index contributed by atoms with van der Waals surface area (Å²) in [5, 5.41) is 9.96. The minimum absolute atomic E-state index is 0.0169. The van der Waals surface area contributed by atoms with Crippen molar-refractivity contribution in [1.29, 1.82) is 0 Å². The number of rotatable bonds is 3. The smallest absolute Gasteiger partial charge is 0.255 e. The van der Waals surface area contributed by atoms with Crippen molar-refractivity contribution in [2.45, 2.75) is 0 Å². The second-order valence-corrected chi connectivity index (χ2v) is 4.90. The monoisotopic (exact) mass is 287 g/mol. The van der Waals surface area contributed by atoms with E-state index in [0.717, 1.165) is 18.6 Å². The van der Waals surface area contributed by atoms with E-state index in [1.54, 1.807) is 15.6 Å². The number of hydrogen-bond donors (Lipinski definition) is 2. The summed E-state index contributed by atoms with van der Waals surface area (Å²) in [6.45, 7) is 2.99. The molecule has 3 rings (SSSR count). The van der Waals surface area contributed by atoms with Gasteiger partial charge in [0.2, 0.25) is 5.91 Å². The number of carbonyl (C=O) groups excluding carboxylic acids is 2. The summed E-state index contributed by atoms with van der Waals surface area (Å²) in [6.07, 6.45) is 3.29. The fraction of sp³-hybridized carbons (Fsp3) is 0.357. The van der Waals surface area contributed by atoms with E-state index in [-0.39, 0.29) is 18.4 Å². The molecule has 0 aliphatic carbocycles. The quantitative estimate of drug-likeness (QED) is 0.797. The number of nitrogens with zero attached hydrogens (tertiary/aromatic N) is 3. The Labute approximate surface area is 121 Å². The number of hydrogen-bond acceptors (Lipinski definition) is 4. The zero-order chi connectivity index (χ0) is 14.7. The van der Waals surface area contributed by atoms with Gasteiger partial charge in [-0.15, -0.1) is 0 Å². The van der Waals surface area contributed by atoms with Crippen LogP contribution in [0.5, 0.6) is 0 Å². The Balaban J connectivity index is 1.62. The van der Waals surface area contributed by atoms with Crippen LogP contribution in [0.15, 0.2) is 30.6 Å². The Morgan fingerprint density at radius 2 is 2.10 bits per heavy atom. The van der Waals surface area contributed by atoms with Crippen LogP contribution < -0.4 is 10.6 Å². The van der Waals surface area contributed by atoms with Gasteiger partial charge in [-0.1, -0.05) is 6.07 Å². The fourth-order valence-electron chi connectivity index (χ4n) is 2.39. The van der Waals surface area contributed by atoms with Crippen LogP contribution in [0.4, 0.5) is 0 Å². The molecule has 7 nitrogen and oxygen atoms in total. The van der Waals surface area contributed by atoms with Gasteiger partial charge in [-0.3, -0.25) is 9.59 Å². The number of fused-ring (bicyclic) bond motifs is 1. The number of amides is 2. The van der Waals surface area contributed by atoms with Crippen LogP contribution in [0.1, 0.15) is 10.4 Å². The standard InChI is InChI=1S/C14H17N5O2/c20-13(18-7-4-15-5-8-18)10-16-14(21)11-9-17-19-6-2-1-3-12(11)19/h1-3,6,9,15H,4-5,7-8,10H2,(H,16,21). The summed E-state index contributed by atoms with van der Waals surface area (Å²) in [4.78, 5) is 25.9. The molecule has 3 heterocycles. The molecule has 1 saturated heterocycles. The molecule has 0 spiro atoms. The molecular formula is C14H17N5O2. The molecule has 1 fully saturated rings. The first-order valence-electron chi connectivity index (χ1n) is 6.95. The van der Waals surface area contributed by atoms with Crippen LogP contribution in [-0.2, 0) is 4.79 Å². The van der Waals surface area contributed by atoms with Gasteiger partial charge in [0.15, 0.2) is 0 Å². The molecule has 2 aromatic heterocycles. The van der Waals surface area contributed by atoms with Crippen molar-refractivity contribution in [1.82, 2.24) is 25.1 Å². The SMILES string of the molecule is O=C(NCC(=O)N1CCNCC1)c1cnn2ccccc12. The van der Waals surface area contributed by atoms with Crippen LogP contribution in [0, 0.1) is 0 Å². The highest BCUT2D eigenvalue weighted by molar-refractivity contribution is 6.01. The predicted octanol–water partition coefficient (Wildman–Crippen LogP) is -0.504. The van der Waals surface area contributed by atoms with Gasteiger partial charge in [0.1, 0.15) is 0 Å². The number of piperazine rings is 1. The molecule has 1 aliphatic rings. The average molecular weight is 287 g/mol. The van der Waals surface area contributed by atoms with E-state index in [4.69, 9.17) is 0 Å². The van der Waals surface area contributed by atoms with E-state index in [2.05, 4.69) is 15.7 Å². The lowest BCUT2D eigenvalue weighted by Gasteiger charge is -2.27. The third kappa shape index (κ3) is 2.87. The van der Waals surface area contributed by atoms with E-state index >= 15 is 0 Å². The average Bonchev–Trinajstić information content (AvgIpc) is 2.97. The summed E-state index contributed by atoms with van der Waals surface area (Å²) in [6, 6.07) is 5.51. The maximum absolute atomic E-state index is 12.2. The van der Waals surface area contributed by atoms with Crippen molar-refractivity contribution in [2.75, 3.05) is 32.7 Å². The maximum atomic E-state index is 12.2. The van der Waals surface area contributed by atoms with E-state index in [0.29, 0.717) is 18.7 Å². The molecule has 110 valence electrons. The Morgan fingerprint density at radius 1 is 1.29 bits per heavy atom. The molecule has 1 aliphatic heterocycles. The van der Waals surface area contributed by atoms with E-state index in [9.17, 15) is 9.59 Å². The van der Waals surface area contributed by atoms with E-state index < -0.39 is 0 Å². The Hall–Kier alpha value is -2.41. The van der Waals surface area contributed by atoms with Gasteiger partial charge in [0.25, 0.3) is 5.91 Å². The summed E-state index contributed by atoms with van der Waals surface area (Å²) < 4.78 is 1.63. The minimum atomic E-state index is -0.278. The van der Waals surface area contributed by atoms with E-state index in [1.165, 1.54) is 6.20 Å². The second-order valence-electron chi connectivity index (χ2n) is 4.90.